The Morgan fingerprint density at radius 1 is 1.13 bits per heavy atom. The van der Waals surface area contributed by atoms with Crippen molar-refractivity contribution in [2.75, 3.05) is 13.1 Å². The van der Waals surface area contributed by atoms with Crippen LogP contribution >= 0.6 is 11.6 Å². The number of likely N-dealkylation sites (tertiary alicyclic amines) is 1. The first kappa shape index (κ1) is 22.6. The predicted molar refractivity (Wildman–Crippen MR) is 112 cm³/mol. The number of rotatable bonds is 4. The van der Waals surface area contributed by atoms with Gasteiger partial charge in [-0.15, -0.1) is 0 Å². The van der Waals surface area contributed by atoms with E-state index in [1.165, 1.54) is 12.4 Å². The van der Waals surface area contributed by atoms with Crippen LogP contribution in [0.3, 0.4) is 0 Å². The van der Waals surface area contributed by atoms with Crippen LogP contribution in [-0.2, 0) is 9.53 Å². The van der Waals surface area contributed by atoms with Gasteiger partial charge < -0.3 is 19.7 Å². The zero-order valence-electron chi connectivity index (χ0n) is 17.9. The summed E-state index contributed by atoms with van der Waals surface area (Å²) >= 11 is 5.79. The molecule has 2 amide bonds. The number of hydrogen-bond acceptors (Lipinski definition) is 6. The molecule has 0 radical (unpaired) electrons. The van der Waals surface area contributed by atoms with Gasteiger partial charge in [-0.2, -0.15) is 0 Å². The van der Waals surface area contributed by atoms with Crippen LogP contribution in [0.4, 0.5) is 4.79 Å². The molecule has 30 heavy (non-hydrogen) atoms. The first-order chi connectivity index (χ1) is 14.2. The van der Waals surface area contributed by atoms with Crippen LogP contribution in [0.5, 0.6) is 6.01 Å². The summed E-state index contributed by atoms with van der Waals surface area (Å²) in [7, 11) is 0. The average molecular weight is 439 g/mol. The summed E-state index contributed by atoms with van der Waals surface area (Å²) in [4.78, 5) is 34.9. The highest BCUT2D eigenvalue weighted by molar-refractivity contribution is 6.30. The summed E-state index contributed by atoms with van der Waals surface area (Å²) in [5.74, 6) is -0.170. The lowest BCUT2D eigenvalue weighted by molar-refractivity contribution is -0.127. The van der Waals surface area contributed by atoms with Crippen molar-refractivity contribution in [3.63, 3.8) is 0 Å². The molecule has 1 aliphatic heterocycles. The van der Waals surface area contributed by atoms with E-state index in [-0.39, 0.29) is 30.1 Å². The molecule has 2 heterocycles. The number of nitrogens with zero attached hydrogens (tertiary/aromatic N) is 3. The molecule has 1 saturated heterocycles. The Morgan fingerprint density at radius 3 is 2.43 bits per heavy atom. The molecule has 0 bridgehead atoms. The summed E-state index contributed by atoms with van der Waals surface area (Å²) in [6, 6.07) is 0.455. The van der Waals surface area contributed by atoms with Gasteiger partial charge in [0.05, 0.1) is 23.3 Å². The summed E-state index contributed by atoms with van der Waals surface area (Å²) in [6.45, 7) is 6.58. The molecule has 1 atom stereocenters. The van der Waals surface area contributed by atoms with Crippen LogP contribution < -0.4 is 10.1 Å². The monoisotopic (exact) mass is 438 g/mol. The van der Waals surface area contributed by atoms with Crippen LogP contribution in [0.1, 0.15) is 59.3 Å². The Balaban J connectivity index is 1.42. The highest BCUT2D eigenvalue weighted by Crippen LogP contribution is 2.24. The number of carbonyl (C=O) groups is 2. The van der Waals surface area contributed by atoms with Crippen molar-refractivity contribution in [1.29, 1.82) is 0 Å². The van der Waals surface area contributed by atoms with E-state index in [9.17, 15) is 9.59 Å². The number of aromatic nitrogens is 2. The van der Waals surface area contributed by atoms with Gasteiger partial charge in [0, 0.05) is 19.1 Å². The van der Waals surface area contributed by atoms with Crippen LogP contribution in [-0.4, -0.2) is 57.7 Å². The standard InChI is InChI=1S/C21H31ClN4O4/c1-21(2,3)30-20(28)26-10-4-5-14(13-26)18(27)25-16-6-8-17(9-7-16)29-19-23-11-15(22)12-24-19/h11-12,14,16-17H,4-10,13H2,1-3H3,(H,25,27). The molecule has 0 spiro atoms. The van der Waals surface area contributed by atoms with E-state index in [4.69, 9.17) is 21.1 Å². The fourth-order valence-corrected chi connectivity index (χ4v) is 3.94. The van der Waals surface area contributed by atoms with Gasteiger partial charge in [-0.25, -0.2) is 14.8 Å². The van der Waals surface area contributed by atoms with Gasteiger partial charge in [0.2, 0.25) is 5.91 Å². The Labute approximate surface area is 182 Å². The van der Waals surface area contributed by atoms with Gasteiger partial charge in [-0.3, -0.25) is 4.79 Å². The van der Waals surface area contributed by atoms with Crippen molar-refractivity contribution >= 4 is 23.6 Å². The highest BCUT2D eigenvalue weighted by atomic mass is 35.5. The van der Waals surface area contributed by atoms with E-state index in [1.807, 2.05) is 20.8 Å². The molecule has 9 heteroatoms. The smallest absolute Gasteiger partial charge is 0.410 e. The van der Waals surface area contributed by atoms with Gasteiger partial charge in [0.15, 0.2) is 0 Å². The molecule has 0 aromatic carbocycles. The Morgan fingerprint density at radius 2 is 1.80 bits per heavy atom. The number of carbonyl (C=O) groups excluding carboxylic acids is 2. The van der Waals surface area contributed by atoms with Gasteiger partial charge in [0.1, 0.15) is 11.7 Å². The Kier molecular flexibility index (Phi) is 7.39. The number of piperidine rings is 1. The number of hydrogen-bond donors (Lipinski definition) is 1. The van der Waals surface area contributed by atoms with Crippen molar-refractivity contribution in [2.45, 2.75) is 77.0 Å². The van der Waals surface area contributed by atoms with Crippen LogP contribution in [0, 0.1) is 5.92 Å². The molecular formula is C21H31ClN4O4. The van der Waals surface area contributed by atoms with Crippen LogP contribution in [0.15, 0.2) is 12.4 Å². The molecule has 166 valence electrons. The zero-order chi connectivity index (χ0) is 21.7. The summed E-state index contributed by atoms with van der Waals surface area (Å²) in [5, 5.41) is 3.64. The van der Waals surface area contributed by atoms with E-state index in [0.29, 0.717) is 24.1 Å². The lowest BCUT2D eigenvalue weighted by Gasteiger charge is -2.35. The first-order valence-electron chi connectivity index (χ1n) is 10.6. The van der Waals surface area contributed by atoms with Gasteiger partial charge >= 0.3 is 12.1 Å². The third-order valence-corrected chi connectivity index (χ3v) is 5.53. The Hall–Kier alpha value is -2.09. The SMILES string of the molecule is CC(C)(C)OC(=O)N1CCCC(C(=O)NC2CCC(Oc3ncc(Cl)cn3)CC2)C1. The number of halogens is 1. The molecule has 1 unspecified atom stereocenters. The maximum absolute atomic E-state index is 12.8. The average Bonchev–Trinajstić information content (AvgIpc) is 2.70. The summed E-state index contributed by atoms with van der Waals surface area (Å²) < 4.78 is 11.3. The first-order valence-corrected chi connectivity index (χ1v) is 11.0. The third kappa shape index (κ3) is 6.72. The van der Waals surface area contributed by atoms with Gasteiger partial charge in [-0.1, -0.05) is 11.6 Å². The van der Waals surface area contributed by atoms with E-state index in [0.717, 1.165) is 38.5 Å². The third-order valence-electron chi connectivity index (χ3n) is 5.33. The molecule has 1 N–H and O–H groups in total. The topological polar surface area (TPSA) is 93.7 Å². The van der Waals surface area contributed by atoms with Crippen molar-refractivity contribution in [3.05, 3.63) is 17.4 Å². The molecule has 2 fully saturated rings. The maximum Gasteiger partial charge on any atom is 0.410 e. The lowest BCUT2D eigenvalue weighted by atomic mass is 9.91. The summed E-state index contributed by atoms with van der Waals surface area (Å²) in [6.07, 6.45) is 7.65. The van der Waals surface area contributed by atoms with Crippen LogP contribution in [0.25, 0.3) is 0 Å². The predicted octanol–water partition coefficient (Wildman–Crippen LogP) is 3.58. The highest BCUT2D eigenvalue weighted by Gasteiger charge is 2.32. The van der Waals surface area contributed by atoms with E-state index in [2.05, 4.69) is 15.3 Å². The fraction of sp³-hybridized carbons (Fsp3) is 0.714. The number of amides is 2. The fourth-order valence-electron chi connectivity index (χ4n) is 3.84. The van der Waals surface area contributed by atoms with Crippen molar-refractivity contribution in [3.8, 4) is 6.01 Å². The molecule has 1 aliphatic carbocycles. The minimum Gasteiger partial charge on any atom is -0.460 e. The van der Waals surface area contributed by atoms with E-state index >= 15 is 0 Å². The van der Waals surface area contributed by atoms with Crippen molar-refractivity contribution < 1.29 is 19.1 Å². The maximum atomic E-state index is 12.8. The largest absolute Gasteiger partial charge is 0.460 e. The molecular weight excluding hydrogens is 408 g/mol. The second-order valence-electron chi connectivity index (χ2n) is 9.05. The number of nitrogens with one attached hydrogen (secondary N) is 1. The quantitative estimate of drug-likeness (QED) is 0.772. The second-order valence-corrected chi connectivity index (χ2v) is 9.49. The van der Waals surface area contributed by atoms with Gasteiger partial charge in [0.25, 0.3) is 0 Å². The molecule has 1 saturated carbocycles. The van der Waals surface area contributed by atoms with Crippen molar-refractivity contribution in [1.82, 2.24) is 20.2 Å². The molecule has 8 nitrogen and oxygen atoms in total. The number of ether oxygens (including phenoxy) is 2. The van der Waals surface area contributed by atoms with Crippen molar-refractivity contribution in [2.24, 2.45) is 5.92 Å². The molecule has 1 aromatic heterocycles. The zero-order valence-corrected chi connectivity index (χ0v) is 18.7. The summed E-state index contributed by atoms with van der Waals surface area (Å²) in [5.41, 5.74) is -0.538. The van der Waals surface area contributed by atoms with Crippen LogP contribution in [0.2, 0.25) is 5.02 Å². The van der Waals surface area contributed by atoms with E-state index in [1.54, 1.807) is 4.90 Å². The lowest BCUT2D eigenvalue weighted by Crippen LogP contribution is -2.49. The minimum atomic E-state index is -0.538. The molecule has 1 aromatic rings. The second kappa shape index (κ2) is 9.81. The minimum absolute atomic E-state index is 0.0219. The van der Waals surface area contributed by atoms with Gasteiger partial charge in [-0.05, 0) is 59.3 Å². The van der Waals surface area contributed by atoms with E-state index < -0.39 is 5.60 Å². The Bertz CT molecular complexity index is 730. The molecule has 3 rings (SSSR count). The molecule has 2 aliphatic rings. The normalized spacial score (nSPS) is 24.8.